The maximum Gasteiger partial charge on any atom is 0.107 e. The molecular weight excluding hydrogens is 256 g/mol. The van der Waals surface area contributed by atoms with Crippen molar-refractivity contribution in [3.63, 3.8) is 0 Å². The Kier molecular flexibility index (Phi) is 4.95. The summed E-state index contributed by atoms with van der Waals surface area (Å²) in [6.45, 7) is 13.0. The number of hydrogen-bond acceptors (Lipinski definition) is 5. The molecule has 0 radical (unpaired) electrons. The monoisotopic (exact) mass is 282 g/mol. The predicted molar refractivity (Wildman–Crippen MR) is 81.5 cm³/mol. The second kappa shape index (κ2) is 6.31. The quantitative estimate of drug-likeness (QED) is 0.892. The summed E-state index contributed by atoms with van der Waals surface area (Å²) >= 11 is 1.77. The summed E-state index contributed by atoms with van der Waals surface area (Å²) in [5.74, 6) is 0. The smallest absolute Gasteiger partial charge is 0.107 e. The Balaban J connectivity index is 1.89. The number of thiazole rings is 1. The first-order chi connectivity index (χ1) is 9.01. The molecule has 0 saturated carbocycles. The molecule has 4 nitrogen and oxygen atoms in total. The number of hydrogen-bond donors (Lipinski definition) is 1. The van der Waals surface area contributed by atoms with Crippen LogP contribution in [0.5, 0.6) is 0 Å². The molecule has 2 heterocycles. The molecule has 1 aromatic rings. The van der Waals surface area contributed by atoms with Crippen molar-refractivity contribution in [3.8, 4) is 0 Å². The first-order valence-electron chi connectivity index (χ1n) is 7.09. The summed E-state index contributed by atoms with van der Waals surface area (Å²) < 4.78 is 0. The largest absolute Gasteiger partial charge is 0.311 e. The Morgan fingerprint density at radius 3 is 2.89 bits per heavy atom. The highest BCUT2D eigenvalue weighted by Crippen LogP contribution is 2.21. The third-order valence-corrected chi connectivity index (χ3v) is 4.80. The van der Waals surface area contributed by atoms with Gasteiger partial charge >= 0.3 is 0 Å². The molecular formula is C14H26N4S. The van der Waals surface area contributed by atoms with E-state index < -0.39 is 0 Å². The number of likely N-dealkylation sites (N-methyl/N-ethyl adjacent to an activating group) is 1. The van der Waals surface area contributed by atoms with Crippen LogP contribution in [0.1, 0.15) is 31.5 Å². The van der Waals surface area contributed by atoms with Gasteiger partial charge in [0.25, 0.3) is 0 Å². The van der Waals surface area contributed by atoms with Crippen molar-refractivity contribution in [2.45, 2.75) is 39.4 Å². The zero-order valence-corrected chi connectivity index (χ0v) is 13.4. The number of nitrogens with zero attached hydrogens (tertiary/aromatic N) is 3. The predicted octanol–water partition coefficient (Wildman–Crippen LogP) is 1.78. The van der Waals surface area contributed by atoms with E-state index in [1.54, 1.807) is 11.3 Å². The summed E-state index contributed by atoms with van der Waals surface area (Å²) in [5.41, 5.74) is 1.49. The second-order valence-corrected chi connectivity index (χ2v) is 6.90. The van der Waals surface area contributed by atoms with Crippen LogP contribution in [0.2, 0.25) is 0 Å². The van der Waals surface area contributed by atoms with Gasteiger partial charge in [-0.3, -0.25) is 9.80 Å². The van der Waals surface area contributed by atoms with E-state index in [1.807, 2.05) is 0 Å². The van der Waals surface area contributed by atoms with E-state index in [9.17, 15) is 0 Å². The second-order valence-electron chi connectivity index (χ2n) is 5.96. The minimum atomic E-state index is 0.265. The fourth-order valence-electron chi connectivity index (χ4n) is 2.44. The summed E-state index contributed by atoms with van der Waals surface area (Å²) in [4.78, 5) is 9.67. The molecule has 1 N–H and O–H groups in total. The molecule has 0 unspecified atom stereocenters. The number of rotatable bonds is 5. The Bertz CT molecular complexity index is 402. The standard InChI is InChI=1S/C14H26N4S/c1-5-15-8-13-16-12(10-19-13)9-18-7-6-17(4)14(2,3)11-18/h10,15H,5-9,11H2,1-4H3. The van der Waals surface area contributed by atoms with Crippen molar-refractivity contribution in [1.82, 2.24) is 20.1 Å². The molecule has 1 saturated heterocycles. The molecule has 1 aliphatic heterocycles. The molecule has 5 heteroatoms. The van der Waals surface area contributed by atoms with Crippen LogP contribution < -0.4 is 5.32 Å². The van der Waals surface area contributed by atoms with E-state index in [2.05, 4.69) is 48.3 Å². The Labute approximate surface area is 120 Å². The molecule has 108 valence electrons. The van der Waals surface area contributed by atoms with E-state index in [1.165, 1.54) is 10.7 Å². The number of piperazine rings is 1. The highest BCUT2D eigenvalue weighted by atomic mass is 32.1. The van der Waals surface area contributed by atoms with Gasteiger partial charge in [-0.15, -0.1) is 11.3 Å². The van der Waals surface area contributed by atoms with E-state index in [0.29, 0.717) is 0 Å². The van der Waals surface area contributed by atoms with Crippen molar-refractivity contribution in [2.24, 2.45) is 0 Å². The fraction of sp³-hybridized carbons (Fsp3) is 0.786. The van der Waals surface area contributed by atoms with Crippen LogP contribution in [0.25, 0.3) is 0 Å². The van der Waals surface area contributed by atoms with Crippen LogP contribution in [0.3, 0.4) is 0 Å². The summed E-state index contributed by atoms with van der Waals surface area (Å²) in [6, 6.07) is 0. The molecule has 19 heavy (non-hydrogen) atoms. The minimum absolute atomic E-state index is 0.265. The highest BCUT2D eigenvalue weighted by Gasteiger charge is 2.30. The van der Waals surface area contributed by atoms with E-state index in [-0.39, 0.29) is 5.54 Å². The van der Waals surface area contributed by atoms with Crippen molar-refractivity contribution >= 4 is 11.3 Å². The highest BCUT2D eigenvalue weighted by molar-refractivity contribution is 7.09. The van der Waals surface area contributed by atoms with Gasteiger partial charge in [-0.1, -0.05) is 6.92 Å². The number of aromatic nitrogens is 1. The first kappa shape index (κ1) is 14.9. The SMILES string of the molecule is CCNCc1nc(CN2CCN(C)C(C)(C)C2)cs1. The Morgan fingerprint density at radius 2 is 2.21 bits per heavy atom. The van der Waals surface area contributed by atoms with Crippen molar-refractivity contribution in [3.05, 3.63) is 16.1 Å². The lowest BCUT2D eigenvalue weighted by molar-refractivity contribution is 0.0355. The number of nitrogens with one attached hydrogen (secondary N) is 1. The maximum absolute atomic E-state index is 4.71. The molecule has 2 rings (SSSR count). The van der Waals surface area contributed by atoms with Crippen LogP contribution in [0.15, 0.2) is 5.38 Å². The normalized spacial score (nSPS) is 20.8. The van der Waals surface area contributed by atoms with Gasteiger partial charge in [0.15, 0.2) is 0 Å². The van der Waals surface area contributed by atoms with Gasteiger partial charge in [-0.25, -0.2) is 4.98 Å². The molecule has 0 aromatic carbocycles. The van der Waals surface area contributed by atoms with Gasteiger partial charge in [0.05, 0.1) is 5.69 Å². The van der Waals surface area contributed by atoms with Gasteiger partial charge < -0.3 is 5.32 Å². The van der Waals surface area contributed by atoms with Crippen molar-refractivity contribution in [1.29, 1.82) is 0 Å². The Morgan fingerprint density at radius 1 is 1.42 bits per heavy atom. The average Bonchev–Trinajstić information content (AvgIpc) is 2.78. The van der Waals surface area contributed by atoms with Crippen LogP contribution >= 0.6 is 11.3 Å². The third-order valence-electron chi connectivity index (χ3n) is 3.91. The molecule has 0 aliphatic carbocycles. The molecule has 1 aliphatic rings. The lowest BCUT2D eigenvalue weighted by Crippen LogP contribution is -2.57. The van der Waals surface area contributed by atoms with Gasteiger partial charge in [0.2, 0.25) is 0 Å². The van der Waals surface area contributed by atoms with Crippen LogP contribution in [-0.4, -0.2) is 53.5 Å². The van der Waals surface area contributed by atoms with Crippen LogP contribution in [-0.2, 0) is 13.1 Å². The average molecular weight is 282 g/mol. The molecule has 1 fully saturated rings. The van der Waals surface area contributed by atoms with Gasteiger partial charge in [-0.05, 0) is 27.4 Å². The molecule has 0 spiro atoms. The topological polar surface area (TPSA) is 31.4 Å². The zero-order chi connectivity index (χ0) is 13.9. The lowest BCUT2D eigenvalue weighted by Gasteiger charge is -2.45. The lowest BCUT2D eigenvalue weighted by atomic mass is 10.00. The van der Waals surface area contributed by atoms with Crippen molar-refractivity contribution < 1.29 is 0 Å². The molecule has 1 aromatic heterocycles. The van der Waals surface area contributed by atoms with E-state index in [4.69, 9.17) is 4.98 Å². The third kappa shape index (κ3) is 3.99. The van der Waals surface area contributed by atoms with Gasteiger partial charge in [0, 0.05) is 43.6 Å². The summed E-state index contributed by atoms with van der Waals surface area (Å²) in [7, 11) is 2.22. The maximum atomic E-state index is 4.71. The van der Waals surface area contributed by atoms with Crippen LogP contribution in [0.4, 0.5) is 0 Å². The zero-order valence-electron chi connectivity index (χ0n) is 12.6. The van der Waals surface area contributed by atoms with Crippen LogP contribution in [0, 0.1) is 0 Å². The molecule has 0 amide bonds. The fourth-order valence-corrected chi connectivity index (χ4v) is 3.19. The molecule has 0 bridgehead atoms. The first-order valence-corrected chi connectivity index (χ1v) is 7.97. The van der Waals surface area contributed by atoms with Crippen molar-refractivity contribution in [2.75, 3.05) is 33.2 Å². The van der Waals surface area contributed by atoms with Gasteiger partial charge in [-0.2, -0.15) is 0 Å². The van der Waals surface area contributed by atoms with E-state index in [0.717, 1.165) is 39.3 Å². The Hall–Kier alpha value is -0.490. The summed E-state index contributed by atoms with van der Waals surface area (Å²) in [6.07, 6.45) is 0. The van der Waals surface area contributed by atoms with Gasteiger partial charge in [0.1, 0.15) is 5.01 Å². The minimum Gasteiger partial charge on any atom is -0.311 e. The molecule has 0 atom stereocenters. The van der Waals surface area contributed by atoms with E-state index >= 15 is 0 Å². The summed E-state index contributed by atoms with van der Waals surface area (Å²) in [5, 5.41) is 6.73.